The van der Waals surface area contributed by atoms with Crippen LogP contribution in [0.15, 0.2) is 60.8 Å². The number of aryl methyl sites for hydroxylation is 1. The van der Waals surface area contributed by atoms with Gasteiger partial charge >= 0.3 is 0 Å². The van der Waals surface area contributed by atoms with Gasteiger partial charge in [0.25, 0.3) is 0 Å². The molecule has 0 amide bonds. The highest BCUT2D eigenvalue weighted by Gasteiger charge is 2.26. The molecule has 0 aliphatic carbocycles. The summed E-state index contributed by atoms with van der Waals surface area (Å²) in [4.78, 5) is 9.63. The summed E-state index contributed by atoms with van der Waals surface area (Å²) in [6, 6.07) is 19.1. The second kappa shape index (κ2) is 9.36. The first-order chi connectivity index (χ1) is 15.7. The topological polar surface area (TPSA) is 19.4 Å². The number of rotatable bonds is 3. The molecule has 2 aromatic carbocycles. The van der Waals surface area contributed by atoms with E-state index in [9.17, 15) is 0 Å². The van der Waals surface area contributed by atoms with Crippen molar-refractivity contribution in [2.24, 2.45) is 0 Å². The van der Waals surface area contributed by atoms with E-state index < -0.39 is 0 Å². The van der Waals surface area contributed by atoms with Crippen LogP contribution in [0.25, 0.3) is 11.1 Å². The van der Waals surface area contributed by atoms with Gasteiger partial charge in [0.05, 0.1) is 0 Å². The average Bonchev–Trinajstić information content (AvgIpc) is 3.34. The van der Waals surface area contributed by atoms with Crippen molar-refractivity contribution in [3.63, 3.8) is 0 Å². The van der Waals surface area contributed by atoms with Crippen molar-refractivity contribution < 1.29 is 0 Å². The Labute approximate surface area is 196 Å². The Hall–Kier alpha value is -2.80. The Bertz CT molecular complexity index is 1140. The number of hydrogen-bond acceptors (Lipinski definition) is 3. The fourth-order valence-electron chi connectivity index (χ4n) is 4.81. The maximum absolute atomic E-state index is 5.98. The van der Waals surface area contributed by atoms with Crippen LogP contribution < -0.4 is 4.90 Å². The molecule has 1 aromatic heterocycles. The summed E-state index contributed by atoms with van der Waals surface area (Å²) in [7, 11) is 2.25. The van der Waals surface area contributed by atoms with Crippen LogP contribution in [0.3, 0.4) is 0 Å². The normalized spacial score (nSPS) is 18.2. The number of hydrogen-bond donors (Lipinski definition) is 0. The Morgan fingerprint density at radius 2 is 1.75 bits per heavy atom. The molecule has 1 saturated heterocycles. The number of benzene rings is 2. The van der Waals surface area contributed by atoms with Crippen LogP contribution in [0, 0.1) is 11.8 Å². The second-order valence-corrected chi connectivity index (χ2v) is 9.28. The van der Waals surface area contributed by atoms with E-state index in [0.29, 0.717) is 6.04 Å². The molecule has 0 radical (unpaired) electrons. The van der Waals surface area contributed by atoms with Crippen molar-refractivity contribution in [3.8, 4) is 23.0 Å². The molecule has 3 heterocycles. The molecular formula is C28H28ClN3. The van der Waals surface area contributed by atoms with Crippen LogP contribution in [0.5, 0.6) is 0 Å². The number of pyridine rings is 1. The van der Waals surface area contributed by atoms with Gasteiger partial charge in [0.15, 0.2) is 0 Å². The molecule has 0 bridgehead atoms. The number of aromatic nitrogens is 1. The van der Waals surface area contributed by atoms with Crippen LogP contribution in [0.2, 0.25) is 5.02 Å². The molecule has 32 heavy (non-hydrogen) atoms. The van der Waals surface area contributed by atoms with Crippen LogP contribution in [-0.4, -0.2) is 42.6 Å². The molecule has 1 fully saturated rings. The molecule has 2 aliphatic heterocycles. The molecule has 3 nitrogen and oxygen atoms in total. The summed E-state index contributed by atoms with van der Waals surface area (Å²) in [6.45, 7) is 3.72. The molecule has 1 atom stereocenters. The lowest BCUT2D eigenvalue weighted by Gasteiger charge is -2.38. The van der Waals surface area contributed by atoms with Crippen LogP contribution in [-0.2, 0) is 6.42 Å². The third-order valence-corrected chi connectivity index (χ3v) is 6.95. The Balaban J connectivity index is 1.28. The van der Waals surface area contributed by atoms with E-state index in [0.717, 1.165) is 33.8 Å². The molecule has 0 spiro atoms. The monoisotopic (exact) mass is 441 g/mol. The maximum Gasteiger partial charge on any atom is 0.113 e. The lowest BCUT2D eigenvalue weighted by Crippen LogP contribution is -2.44. The summed E-state index contributed by atoms with van der Waals surface area (Å²) in [5.74, 6) is 6.53. The van der Waals surface area contributed by atoms with Gasteiger partial charge in [-0.2, -0.15) is 0 Å². The fraction of sp³-hybridized carbons (Fsp3) is 0.321. The van der Waals surface area contributed by atoms with Crippen molar-refractivity contribution in [1.29, 1.82) is 0 Å². The van der Waals surface area contributed by atoms with E-state index in [4.69, 9.17) is 11.6 Å². The van der Waals surface area contributed by atoms with Gasteiger partial charge in [-0.3, -0.25) is 0 Å². The number of fused-ring (bicyclic) bond motifs is 1. The first-order valence-corrected chi connectivity index (χ1v) is 11.9. The molecule has 2 aliphatic rings. The SMILES string of the molecule is CN1c2ccc(C#Cc3ccc(-c4ccc(Cl)cc4)cn3)cc2CCC1CN1CCCC1. The van der Waals surface area contributed by atoms with E-state index in [1.54, 1.807) is 0 Å². The highest BCUT2D eigenvalue weighted by molar-refractivity contribution is 6.30. The minimum absolute atomic E-state index is 0.612. The van der Waals surface area contributed by atoms with E-state index in [1.165, 1.54) is 50.1 Å². The minimum atomic E-state index is 0.612. The third kappa shape index (κ3) is 4.67. The highest BCUT2D eigenvalue weighted by atomic mass is 35.5. The predicted molar refractivity (Wildman–Crippen MR) is 133 cm³/mol. The van der Waals surface area contributed by atoms with Gasteiger partial charge in [-0.25, -0.2) is 4.98 Å². The summed E-state index contributed by atoms with van der Waals surface area (Å²) in [5, 5.41) is 0.738. The zero-order chi connectivity index (χ0) is 21.9. The molecule has 1 unspecified atom stereocenters. The Kier molecular flexibility index (Phi) is 6.17. The lowest BCUT2D eigenvalue weighted by molar-refractivity contribution is 0.300. The predicted octanol–water partition coefficient (Wildman–Crippen LogP) is 5.65. The smallest absolute Gasteiger partial charge is 0.113 e. The van der Waals surface area contributed by atoms with Gasteiger partial charge in [0, 0.05) is 47.7 Å². The summed E-state index contributed by atoms with van der Waals surface area (Å²) in [6.07, 6.45) is 6.92. The van der Waals surface area contributed by atoms with Gasteiger partial charge in [-0.15, -0.1) is 0 Å². The van der Waals surface area contributed by atoms with Gasteiger partial charge < -0.3 is 9.80 Å². The Morgan fingerprint density at radius 3 is 2.50 bits per heavy atom. The standard InChI is InChI=1S/C28H28ClN3/c1-31-27(20-32-16-2-3-17-32)14-9-23-18-21(5-15-28(23)31)4-12-26-13-8-24(19-30-26)22-6-10-25(29)11-7-22/h5-8,10-11,13,15,18-19,27H,2-3,9,14,16-17,20H2,1H3. The van der Waals surface area contributed by atoms with Gasteiger partial charge in [0.1, 0.15) is 5.69 Å². The van der Waals surface area contributed by atoms with Crippen molar-refractivity contribution >= 4 is 17.3 Å². The quantitative estimate of drug-likeness (QED) is 0.489. The molecule has 5 rings (SSSR count). The summed E-state index contributed by atoms with van der Waals surface area (Å²) >= 11 is 5.98. The van der Waals surface area contributed by atoms with E-state index in [1.807, 2.05) is 36.5 Å². The fourth-order valence-corrected chi connectivity index (χ4v) is 4.94. The highest BCUT2D eigenvalue weighted by Crippen LogP contribution is 2.31. The lowest BCUT2D eigenvalue weighted by atomic mass is 9.94. The van der Waals surface area contributed by atoms with Crippen molar-refractivity contribution in [2.75, 3.05) is 31.6 Å². The molecule has 162 valence electrons. The molecule has 4 heteroatoms. The maximum atomic E-state index is 5.98. The molecule has 3 aromatic rings. The first kappa shape index (κ1) is 21.1. The summed E-state index contributed by atoms with van der Waals surface area (Å²) in [5.41, 5.74) is 6.76. The molecule has 0 saturated carbocycles. The number of likely N-dealkylation sites (tertiary alicyclic amines) is 1. The largest absolute Gasteiger partial charge is 0.370 e. The number of likely N-dealkylation sites (N-methyl/N-ethyl adjacent to an activating group) is 1. The van der Waals surface area contributed by atoms with Crippen LogP contribution >= 0.6 is 11.6 Å². The van der Waals surface area contributed by atoms with Crippen molar-refractivity contribution in [3.05, 3.63) is 82.6 Å². The average molecular weight is 442 g/mol. The second-order valence-electron chi connectivity index (χ2n) is 8.84. The summed E-state index contributed by atoms with van der Waals surface area (Å²) < 4.78 is 0. The van der Waals surface area contributed by atoms with Crippen LogP contribution in [0.4, 0.5) is 5.69 Å². The first-order valence-electron chi connectivity index (χ1n) is 11.5. The van der Waals surface area contributed by atoms with E-state index in [-0.39, 0.29) is 0 Å². The van der Waals surface area contributed by atoms with Crippen molar-refractivity contribution in [1.82, 2.24) is 9.88 Å². The van der Waals surface area contributed by atoms with Gasteiger partial charge in [-0.05, 0) is 92.2 Å². The van der Waals surface area contributed by atoms with Gasteiger partial charge in [0.2, 0.25) is 0 Å². The molecule has 0 N–H and O–H groups in total. The van der Waals surface area contributed by atoms with E-state index in [2.05, 4.69) is 57.9 Å². The number of halogens is 1. The Morgan fingerprint density at radius 1 is 0.969 bits per heavy atom. The van der Waals surface area contributed by atoms with Gasteiger partial charge in [-0.1, -0.05) is 35.7 Å². The zero-order valence-electron chi connectivity index (χ0n) is 18.5. The number of nitrogens with zero attached hydrogens (tertiary/aromatic N) is 3. The van der Waals surface area contributed by atoms with Crippen LogP contribution in [0.1, 0.15) is 36.1 Å². The minimum Gasteiger partial charge on any atom is -0.370 e. The van der Waals surface area contributed by atoms with E-state index >= 15 is 0 Å². The van der Waals surface area contributed by atoms with Crippen molar-refractivity contribution in [2.45, 2.75) is 31.7 Å². The number of anilines is 1. The zero-order valence-corrected chi connectivity index (χ0v) is 19.3. The molecular weight excluding hydrogens is 414 g/mol. The third-order valence-electron chi connectivity index (χ3n) is 6.70.